The molecule has 92 valence electrons. The molecule has 0 amide bonds. The van der Waals surface area contributed by atoms with E-state index >= 15 is 0 Å². The van der Waals surface area contributed by atoms with E-state index in [1.165, 1.54) is 12.1 Å². The molecule has 0 atom stereocenters. The molecule has 0 aromatic heterocycles. The third-order valence-electron chi connectivity index (χ3n) is 2.75. The van der Waals surface area contributed by atoms with Crippen LogP contribution in [0.15, 0.2) is 18.2 Å². The van der Waals surface area contributed by atoms with Gasteiger partial charge < -0.3 is 4.74 Å². The van der Waals surface area contributed by atoms with Crippen LogP contribution in [0.4, 0.5) is 5.69 Å². The van der Waals surface area contributed by atoms with Crippen molar-refractivity contribution < 1.29 is 9.66 Å². The quantitative estimate of drug-likeness (QED) is 0.614. The molecule has 1 aliphatic heterocycles. The predicted octanol–water partition coefficient (Wildman–Crippen LogP) is 2.08. The van der Waals surface area contributed by atoms with Crippen LogP contribution >= 0.6 is 11.6 Å². The second-order valence-corrected chi connectivity index (χ2v) is 4.33. The highest BCUT2D eigenvalue weighted by Crippen LogP contribution is 2.23. The smallest absolute Gasteiger partial charge is 0.270 e. The molecule has 1 aliphatic rings. The Morgan fingerprint density at radius 3 is 2.71 bits per heavy atom. The fourth-order valence-electron chi connectivity index (χ4n) is 1.78. The minimum absolute atomic E-state index is 0.0285. The third kappa shape index (κ3) is 3.15. The molecule has 0 N–H and O–H groups in total. The summed E-state index contributed by atoms with van der Waals surface area (Å²) >= 11 is 6.03. The Kier molecular flexibility index (Phi) is 3.93. The SMILES string of the molecule is O=[N+]([O-])c1ccc(CN2CCOCC2)c(Cl)c1. The van der Waals surface area contributed by atoms with E-state index in [2.05, 4.69) is 4.90 Å². The Morgan fingerprint density at radius 2 is 2.12 bits per heavy atom. The Labute approximate surface area is 104 Å². The molecule has 0 radical (unpaired) electrons. The third-order valence-corrected chi connectivity index (χ3v) is 3.10. The van der Waals surface area contributed by atoms with Crippen molar-refractivity contribution >= 4 is 17.3 Å². The average molecular weight is 257 g/mol. The standard InChI is InChI=1S/C11H13ClN2O3/c12-11-7-10(14(15)16)2-1-9(11)8-13-3-5-17-6-4-13/h1-2,7H,3-6,8H2. The number of hydrogen-bond acceptors (Lipinski definition) is 4. The zero-order valence-corrected chi connectivity index (χ0v) is 10.0. The van der Waals surface area contributed by atoms with Crippen molar-refractivity contribution in [1.82, 2.24) is 4.90 Å². The van der Waals surface area contributed by atoms with Gasteiger partial charge in [0.2, 0.25) is 0 Å². The molecule has 5 nitrogen and oxygen atoms in total. The molecule has 2 rings (SSSR count). The van der Waals surface area contributed by atoms with Gasteiger partial charge in [-0.05, 0) is 11.6 Å². The number of morpholine rings is 1. The monoisotopic (exact) mass is 256 g/mol. The summed E-state index contributed by atoms with van der Waals surface area (Å²) in [6.45, 7) is 3.90. The van der Waals surface area contributed by atoms with Crippen LogP contribution in [-0.4, -0.2) is 36.1 Å². The number of non-ortho nitro benzene ring substituents is 1. The van der Waals surface area contributed by atoms with Crippen LogP contribution in [0.25, 0.3) is 0 Å². The molecule has 1 aromatic carbocycles. The van der Waals surface area contributed by atoms with Crippen molar-refractivity contribution in [2.75, 3.05) is 26.3 Å². The number of nitro groups is 1. The van der Waals surface area contributed by atoms with Gasteiger partial charge in [0.05, 0.1) is 23.2 Å². The van der Waals surface area contributed by atoms with E-state index in [-0.39, 0.29) is 5.69 Å². The van der Waals surface area contributed by atoms with Gasteiger partial charge in [-0.2, -0.15) is 0 Å². The molecule has 6 heteroatoms. The molecular formula is C11H13ClN2O3. The predicted molar refractivity (Wildman–Crippen MR) is 64.2 cm³/mol. The van der Waals surface area contributed by atoms with E-state index in [1.54, 1.807) is 6.07 Å². The van der Waals surface area contributed by atoms with E-state index in [0.717, 1.165) is 31.9 Å². The van der Waals surface area contributed by atoms with Crippen molar-refractivity contribution in [1.29, 1.82) is 0 Å². The van der Waals surface area contributed by atoms with Crippen molar-refractivity contribution in [3.63, 3.8) is 0 Å². The second-order valence-electron chi connectivity index (χ2n) is 3.92. The number of benzene rings is 1. The van der Waals surface area contributed by atoms with Gasteiger partial charge in [0.15, 0.2) is 0 Å². The van der Waals surface area contributed by atoms with Crippen LogP contribution in [-0.2, 0) is 11.3 Å². The van der Waals surface area contributed by atoms with Crippen LogP contribution in [0.5, 0.6) is 0 Å². The summed E-state index contributed by atoms with van der Waals surface area (Å²) in [7, 11) is 0. The van der Waals surface area contributed by atoms with Crippen LogP contribution in [0.3, 0.4) is 0 Å². The van der Waals surface area contributed by atoms with Crippen molar-refractivity contribution in [2.24, 2.45) is 0 Å². The molecular weight excluding hydrogens is 244 g/mol. The number of nitro benzene ring substituents is 1. The van der Waals surface area contributed by atoms with Crippen LogP contribution in [0, 0.1) is 10.1 Å². The lowest BCUT2D eigenvalue weighted by Gasteiger charge is -2.26. The lowest BCUT2D eigenvalue weighted by Crippen LogP contribution is -2.35. The van der Waals surface area contributed by atoms with Gasteiger partial charge in [-0.25, -0.2) is 0 Å². The first-order chi connectivity index (χ1) is 8.16. The highest BCUT2D eigenvalue weighted by molar-refractivity contribution is 6.31. The summed E-state index contributed by atoms with van der Waals surface area (Å²) in [5.41, 5.74) is 0.944. The van der Waals surface area contributed by atoms with Gasteiger partial charge >= 0.3 is 0 Å². The van der Waals surface area contributed by atoms with Gasteiger partial charge in [0.25, 0.3) is 5.69 Å². The minimum atomic E-state index is -0.440. The van der Waals surface area contributed by atoms with Gasteiger partial charge in [-0.15, -0.1) is 0 Å². The molecule has 1 saturated heterocycles. The summed E-state index contributed by atoms with van der Waals surface area (Å²) in [6.07, 6.45) is 0. The summed E-state index contributed by atoms with van der Waals surface area (Å²) in [5.74, 6) is 0. The molecule has 1 heterocycles. The Bertz CT molecular complexity index is 419. The largest absolute Gasteiger partial charge is 0.379 e. The number of hydrogen-bond donors (Lipinski definition) is 0. The molecule has 0 spiro atoms. The summed E-state index contributed by atoms with van der Waals surface area (Å²) < 4.78 is 5.25. The number of ether oxygens (including phenoxy) is 1. The van der Waals surface area contributed by atoms with Crippen LogP contribution in [0.1, 0.15) is 5.56 Å². The summed E-state index contributed by atoms with van der Waals surface area (Å²) in [5, 5.41) is 11.0. The first kappa shape index (κ1) is 12.3. The fourth-order valence-corrected chi connectivity index (χ4v) is 2.01. The zero-order chi connectivity index (χ0) is 12.3. The van der Waals surface area contributed by atoms with Gasteiger partial charge in [0.1, 0.15) is 0 Å². The first-order valence-electron chi connectivity index (χ1n) is 5.40. The molecule has 1 fully saturated rings. The van der Waals surface area contributed by atoms with Crippen molar-refractivity contribution in [3.05, 3.63) is 38.9 Å². The fraction of sp³-hybridized carbons (Fsp3) is 0.455. The summed E-state index contributed by atoms with van der Waals surface area (Å²) in [4.78, 5) is 12.4. The Balaban J connectivity index is 2.08. The Hall–Kier alpha value is -1.17. The molecule has 0 saturated carbocycles. The highest BCUT2D eigenvalue weighted by Gasteiger charge is 2.14. The normalized spacial score (nSPS) is 17.0. The Morgan fingerprint density at radius 1 is 1.41 bits per heavy atom. The maximum Gasteiger partial charge on any atom is 0.270 e. The van der Waals surface area contributed by atoms with E-state index in [1.807, 2.05) is 0 Å². The van der Waals surface area contributed by atoms with Gasteiger partial charge in [-0.3, -0.25) is 15.0 Å². The maximum absolute atomic E-state index is 10.6. The molecule has 0 unspecified atom stereocenters. The number of halogens is 1. The lowest BCUT2D eigenvalue weighted by atomic mass is 10.2. The molecule has 1 aromatic rings. The average Bonchev–Trinajstić information content (AvgIpc) is 2.33. The van der Waals surface area contributed by atoms with E-state index < -0.39 is 4.92 Å². The second kappa shape index (κ2) is 5.44. The van der Waals surface area contributed by atoms with E-state index in [4.69, 9.17) is 16.3 Å². The number of nitrogens with zero attached hydrogens (tertiary/aromatic N) is 2. The number of rotatable bonds is 3. The van der Waals surface area contributed by atoms with Gasteiger partial charge in [0, 0.05) is 31.8 Å². The highest BCUT2D eigenvalue weighted by atomic mass is 35.5. The van der Waals surface area contributed by atoms with Crippen LogP contribution < -0.4 is 0 Å². The topological polar surface area (TPSA) is 55.6 Å². The molecule has 0 aliphatic carbocycles. The minimum Gasteiger partial charge on any atom is -0.379 e. The lowest BCUT2D eigenvalue weighted by molar-refractivity contribution is -0.384. The van der Waals surface area contributed by atoms with E-state index in [9.17, 15) is 10.1 Å². The van der Waals surface area contributed by atoms with Crippen LogP contribution in [0.2, 0.25) is 5.02 Å². The first-order valence-corrected chi connectivity index (χ1v) is 5.77. The van der Waals surface area contributed by atoms with E-state index in [0.29, 0.717) is 11.6 Å². The molecule has 0 bridgehead atoms. The molecule has 17 heavy (non-hydrogen) atoms. The maximum atomic E-state index is 10.6. The van der Waals surface area contributed by atoms with Gasteiger partial charge in [-0.1, -0.05) is 11.6 Å². The van der Waals surface area contributed by atoms with Crippen molar-refractivity contribution in [3.8, 4) is 0 Å². The van der Waals surface area contributed by atoms with Crippen molar-refractivity contribution in [2.45, 2.75) is 6.54 Å². The zero-order valence-electron chi connectivity index (χ0n) is 9.26. The summed E-state index contributed by atoms with van der Waals surface area (Å²) in [6, 6.07) is 4.61.